The van der Waals surface area contributed by atoms with E-state index in [-0.39, 0.29) is 17.5 Å². The fourth-order valence-corrected chi connectivity index (χ4v) is 2.18. The van der Waals surface area contributed by atoms with Crippen molar-refractivity contribution in [1.29, 1.82) is 0 Å². The van der Waals surface area contributed by atoms with Crippen LogP contribution in [-0.4, -0.2) is 5.91 Å². The van der Waals surface area contributed by atoms with Crippen LogP contribution in [0.25, 0.3) is 0 Å². The van der Waals surface area contributed by atoms with Gasteiger partial charge in [-0.1, -0.05) is 55.8 Å². The van der Waals surface area contributed by atoms with E-state index in [1.54, 1.807) is 12.1 Å². The van der Waals surface area contributed by atoms with Crippen LogP contribution in [0.1, 0.15) is 41.7 Å². The quantitative estimate of drug-likeness (QED) is 0.871. The van der Waals surface area contributed by atoms with E-state index in [9.17, 15) is 9.18 Å². The van der Waals surface area contributed by atoms with Gasteiger partial charge in [-0.15, -0.1) is 0 Å². The van der Waals surface area contributed by atoms with E-state index < -0.39 is 5.82 Å². The second-order valence-corrected chi connectivity index (χ2v) is 4.71. The van der Waals surface area contributed by atoms with Crippen LogP contribution in [0, 0.1) is 5.82 Å². The summed E-state index contributed by atoms with van der Waals surface area (Å²) in [5.74, 6) is -0.862. The van der Waals surface area contributed by atoms with Crippen molar-refractivity contribution in [1.82, 2.24) is 5.32 Å². The van der Waals surface area contributed by atoms with Gasteiger partial charge in [0, 0.05) is 0 Å². The molecule has 0 aliphatic carbocycles. The Balaban J connectivity index is 2.17. The zero-order valence-electron chi connectivity index (χ0n) is 11.5. The van der Waals surface area contributed by atoms with Gasteiger partial charge in [-0.3, -0.25) is 4.79 Å². The Kier molecular flexibility index (Phi) is 4.88. The molecule has 1 N–H and O–H groups in total. The largest absolute Gasteiger partial charge is 0.345 e. The number of amides is 1. The number of halogens is 1. The van der Waals surface area contributed by atoms with Crippen molar-refractivity contribution in [2.24, 2.45) is 0 Å². The van der Waals surface area contributed by atoms with Gasteiger partial charge in [0.05, 0.1) is 11.6 Å². The number of hydrogen-bond donors (Lipinski definition) is 1. The van der Waals surface area contributed by atoms with Gasteiger partial charge in [0.15, 0.2) is 0 Å². The summed E-state index contributed by atoms with van der Waals surface area (Å²) >= 11 is 0. The standard InChI is InChI=1S/C17H18FNO/c1-2-8-16(13-9-4-3-5-10-13)19-17(20)14-11-6-7-12-15(14)18/h3-7,9-12,16H,2,8H2,1H3,(H,19,20). The first-order valence-corrected chi connectivity index (χ1v) is 6.82. The third kappa shape index (κ3) is 3.44. The molecule has 0 aromatic heterocycles. The van der Waals surface area contributed by atoms with Crippen LogP contribution in [0.3, 0.4) is 0 Å². The third-order valence-corrected chi connectivity index (χ3v) is 3.20. The van der Waals surface area contributed by atoms with E-state index >= 15 is 0 Å². The number of nitrogens with one attached hydrogen (secondary N) is 1. The lowest BCUT2D eigenvalue weighted by Crippen LogP contribution is -2.29. The van der Waals surface area contributed by atoms with Crippen LogP contribution in [0.4, 0.5) is 4.39 Å². The van der Waals surface area contributed by atoms with E-state index in [1.807, 2.05) is 30.3 Å². The number of hydrogen-bond acceptors (Lipinski definition) is 1. The molecule has 2 rings (SSSR count). The molecule has 1 atom stereocenters. The molecule has 0 aliphatic heterocycles. The summed E-state index contributed by atoms with van der Waals surface area (Å²) in [5, 5.41) is 2.91. The molecule has 2 aromatic carbocycles. The van der Waals surface area contributed by atoms with Crippen molar-refractivity contribution in [3.05, 3.63) is 71.5 Å². The predicted octanol–water partition coefficient (Wildman–Crippen LogP) is 4.10. The molecule has 0 spiro atoms. The van der Waals surface area contributed by atoms with Gasteiger partial charge in [0.25, 0.3) is 5.91 Å². The summed E-state index contributed by atoms with van der Waals surface area (Å²) in [6.07, 6.45) is 1.77. The highest BCUT2D eigenvalue weighted by Gasteiger charge is 2.16. The summed E-state index contributed by atoms with van der Waals surface area (Å²) in [7, 11) is 0. The molecule has 2 nitrogen and oxygen atoms in total. The summed E-state index contributed by atoms with van der Waals surface area (Å²) in [6, 6.07) is 15.7. The minimum Gasteiger partial charge on any atom is -0.345 e. The molecule has 1 unspecified atom stereocenters. The van der Waals surface area contributed by atoms with Crippen molar-refractivity contribution in [2.75, 3.05) is 0 Å². The van der Waals surface area contributed by atoms with E-state index in [2.05, 4.69) is 12.2 Å². The molecular formula is C17H18FNO. The van der Waals surface area contributed by atoms with Crippen molar-refractivity contribution in [2.45, 2.75) is 25.8 Å². The maximum Gasteiger partial charge on any atom is 0.254 e. The number of carbonyl (C=O) groups is 1. The lowest BCUT2D eigenvalue weighted by atomic mass is 10.0. The summed E-state index contributed by atoms with van der Waals surface area (Å²) in [5.41, 5.74) is 1.13. The topological polar surface area (TPSA) is 29.1 Å². The van der Waals surface area contributed by atoms with Crippen molar-refractivity contribution in [3.63, 3.8) is 0 Å². The fourth-order valence-electron chi connectivity index (χ4n) is 2.18. The number of carbonyl (C=O) groups excluding carboxylic acids is 1. The summed E-state index contributed by atoms with van der Waals surface area (Å²) < 4.78 is 13.6. The average Bonchev–Trinajstić information content (AvgIpc) is 2.48. The number of rotatable bonds is 5. The minimum atomic E-state index is -0.492. The smallest absolute Gasteiger partial charge is 0.254 e. The molecular weight excluding hydrogens is 253 g/mol. The minimum absolute atomic E-state index is 0.0875. The van der Waals surface area contributed by atoms with Crippen LogP contribution >= 0.6 is 0 Å². The Morgan fingerprint density at radius 3 is 2.40 bits per heavy atom. The Bertz CT molecular complexity index is 568. The average molecular weight is 271 g/mol. The molecule has 0 heterocycles. The van der Waals surface area contributed by atoms with Crippen LogP contribution in [0.15, 0.2) is 54.6 Å². The van der Waals surface area contributed by atoms with Crippen LogP contribution in [0.5, 0.6) is 0 Å². The Labute approximate surface area is 118 Å². The van der Waals surface area contributed by atoms with Gasteiger partial charge in [-0.2, -0.15) is 0 Å². The van der Waals surface area contributed by atoms with Gasteiger partial charge >= 0.3 is 0 Å². The normalized spacial score (nSPS) is 11.9. The second kappa shape index (κ2) is 6.85. The van der Waals surface area contributed by atoms with Gasteiger partial charge in [-0.05, 0) is 24.1 Å². The zero-order valence-corrected chi connectivity index (χ0v) is 11.5. The van der Waals surface area contributed by atoms with E-state index in [0.717, 1.165) is 18.4 Å². The summed E-state index contributed by atoms with van der Waals surface area (Å²) in [4.78, 5) is 12.2. The van der Waals surface area contributed by atoms with Crippen LogP contribution in [-0.2, 0) is 0 Å². The zero-order chi connectivity index (χ0) is 14.4. The molecule has 0 bridgehead atoms. The van der Waals surface area contributed by atoms with E-state index in [0.29, 0.717) is 0 Å². The molecule has 3 heteroatoms. The first-order chi connectivity index (χ1) is 9.72. The van der Waals surface area contributed by atoms with E-state index in [4.69, 9.17) is 0 Å². The Morgan fingerprint density at radius 1 is 1.10 bits per heavy atom. The fraction of sp³-hybridized carbons (Fsp3) is 0.235. The second-order valence-electron chi connectivity index (χ2n) is 4.71. The molecule has 0 aliphatic rings. The lowest BCUT2D eigenvalue weighted by molar-refractivity contribution is 0.0930. The monoisotopic (exact) mass is 271 g/mol. The van der Waals surface area contributed by atoms with Crippen LogP contribution in [0.2, 0.25) is 0 Å². The van der Waals surface area contributed by atoms with Gasteiger partial charge < -0.3 is 5.32 Å². The highest BCUT2D eigenvalue weighted by Crippen LogP contribution is 2.19. The molecule has 0 radical (unpaired) electrons. The van der Waals surface area contributed by atoms with Crippen molar-refractivity contribution in [3.8, 4) is 0 Å². The van der Waals surface area contributed by atoms with Gasteiger partial charge in [0.2, 0.25) is 0 Å². The number of benzene rings is 2. The Hall–Kier alpha value is -2.16. The van der Waals surface area contributed by atoms with Gasteiger partial charge in [-0.25, -0.2) is 4.39 Å². The maximum absolute atomic E-state index is 13.6. The highest BCUT2D eigenvalue weighted by atomic mass is 19.1. The molecule has 104 valence electrons. The lowest BCUT2D eigenvalue weighted by Gasteiger charge is -2.18. The first kappa shape index (κ1) is 14.3. The highest BCUT2D eigenvalue weighted by molar-refractivity contribution is 5.94. The first-order valence-electron chi connectivity index (χ1n) is 6.82. The van der Waals surface area contributed by atoms with Crippen LogP contribution < -0.4 is 5.32 Å². The summed E-state index contributed by atoms with van der Waals surface area (Å²) in [6.45, 7) is 2.06. The van der Waals surface area contributed by atoms with Crippen molar-refractivity contribution >= 4 is 5.91 Å². The van der Waals surface area contributed by atoms with Crippen molar-refractivity contribution < 1.29 is 9.18 Å². The molecule has 0 saturated carbocycles. The molecule has 0 fully saturated rings. The molecule has 20 heavy (non-hydrogen) atoms. The Morgan fingerprint density at radius 2 is 1.75 bits per heavy atom. The maximum atomic E-state index is 13.6. The van der Waals surface area contributed by atoms with E-state index in [1.165, 1.54) is 12.1 Å². The molecule has 2 aromatic rings. The SMILES string of the molecule is CCCC(NC(=O)c1ccccc1F)c1ccccc1. The third-order valence-electron chi connectivity index (χ3n) is 3.20. The van der Waals surface area contributed by atoms with Gasteiger partial charge in [0.1, 0.15) is 5.82 Å². The predicted molar refractivity (Wildman–Crippen MR) is 78.0 cm³/mol. The molecule has 0 saturated heterocycles. The molecule has 1 amide bonds.